The molecule has 0 aromatic rings. The Morgan fingerprint density at radius 2 is 2.10 bits per heavy atom. The number of nitrogens with one attached hydrogen (secondary N) is 1. The molecule has 0 amide bonds. The SMILES string of the molecule is CCCCN(C(C)CC(C)(NCC)C(=O)OC)C1CC1. The maximum absolute atomic E-state index is 12.1. The second-order valence-electron chi connectivity index (χ2n) is 6.23. The number of carbonyl (C=O) groups excluding carboxylic acids is 1. The molecule has 1 rings (SSSR count). The summed E-state index contributed by atoms with van der Waals surface area (Å²) in [5, 5.41) is 3.31. The van der Waals surface area contributed by atoms with E-state index in [9.17, 15) is 4.79 Å². The minimum absolute atomic E-state index is 0.155. The third-order valence-corrected chi connectivity index (χ3v) is 4.26. The van der Waals surface area contributed by atoms with Crippen LogP contribution in [-0.2, 0) is 9.53 Å². The Labute approximate surface area is 124 Å². The van der Waals surface area contributed by atoms with E-state index in [-0.39, 0.29) is 5.97 Å². The fraction of sp³-hybridized carbons (Fsp3) is 0.938. The molecule has 0 heterocycles. The lowest BCUT2D eigenvalue weighted by Crippen LogP contribution is -2.54. The summed E-state index contributed by atoms with van der Waals surface area (Å²) in [5.41, 5.74) is -0.581. The van der Waals surface area contributed by atoms with Crippen molar-refractivity contribution in [2.75, 3.05) is 20.2 Å². The molecule has 1 N–H and O–H groups in total. The number of carbonyl (C=O) groups is 1. The minimum atomic E-state index is -0.581. The molecule has 0 aromatic heterocycles. The number of rotatable bonds is 10. The van der Waals surface area contributed by atoms with Crippen LogP contribution in [0.5, 0.6) is 0 Å². The van der Waals surface area contributed by atoms with Gasteiger partial charge in [-0.15, -0.1) is 0 Å². The topological polar surface area (TPSA) is 41.6 Å². The van der Waals surface area contributed by atoms with E-state index in [1.54, 1.807) is 0 Å². The van der Waals surface area contributed by atoms with Crippen molar-refractivity contribution in [3.8, 4) is 0 Å². The third kappa shape index (κ3) is 4.74. The lowest BCUT2D eigenvalue weighted by atomic mass is 9.92. The molecule has 1 saturated carbocycles. The molecule has 118 valence electrons. The predicted octanol–water partition coefficient (Wildman–Crippen LogP) is 2.57. The van der Waals surface area contributed by atoms with Gasteiger partial charge in [-0.05, 0) is 52.6 Å². The number of esters is 1. The summed E-state index contributed by atoms with van der Waals surface area (Å²) < 4.78 is 4.99. The Balaban J connectivity index is 2.67. The van der Waals surface area contributed by atoms with Crippen LogP contribution in [0.1, 0.15) is 59.8 Å². The van der Waals surface area contributed by atoms with Gasteiger partial charge in [0, 0.05) is 12.1 Å². The third-order valence-electron chi connectivity index (χ3n) is 4.26. The Hall–Kier alpha value is -0.610. The van der Waals surface area contributed by atoms with Gasteiger partial charge in [0.2, 0.25) is 0 Å². The summed E-state index contributed by atoms with van der Waals surface area (Å²) in [6.07, 6.45) is 5.87. The average molecular weight is 284 g/mol. The minimum Gasteiger partial charge on any atom is -0.468 e. The molecule has 20 heavy (non-hydrogen) atoms. The van der Waals surface area contributed by atoms with E-state index < -0.39 is 5.54 Å². The van der Waals surface area contributed by atoms with Crippen LogP contribution in [0.4, 0.5) is 0 Å². The van der Waals surface area contributed by atoms with Crippen LogP contribution < -0.4 is 5.32 Å². The monoisotopic (exact) mass is 284 g/mol. The number of unbranched alkanes of at least 4 members (excludes halogenated alkanes) is 1. The zero-order valence-corrected chi connectivity index (χ0v) is 13.9. The number of hydrogen-bond donors (Lipinski definition) is 1. The van der Waals surface area contributed by atoms with Crippen LogP contribution >= 0.6 is 0 Å². The van der Waals surface area contributed by atoms with Gasteiger partial charge < -0.3 is 10.1 Å². The molecule has 0 saturated heterocycles. The van der Waals surface area contributed by atoms with Gasteiger partial charge in [-0.3, -0.25) is 9.69 Å². The molecule has 4 nitrogen and oxygen atoms in total. The fourth-order valence-electron chi connectivity index (χ4n) is 3.06. The van der Waals surface area contributed by atoms with Gasteiger partial charge in [0.05, 0.1) is 7.11 Å². The highest BCUT2D eigenvalue weighted by Crippen LogP contribution is 2.31. The van der Waals surface area contributed by atoms with E-state index in [0.717, 1.165) is 25.6 Å². The maximum Gasteiger partial charge on any atom is 0.325 e. The fourth-order valence-corrected chi connectivity index (χ4v) is 3.06. The molecule has 2 atom stereocenters. The molecular formula is C16H32N2O2. The van der Waals surface area contributed by atoms with Crippen LogP contribution in [-0.4, -0.2) is 48.7 Å². The maximum atomic E-state index is 12.1. The first-order valence-electron chi connectivity index (χ1n) is 8.07. The van der Waals surface area contributed by atoms with Crippen LogP contribution in [0.25, 0.3) is 0 Å². The van der Waals surface area contributed by atoms with Crippen molar-refractivity contribution >= 4 is 5.97 Å². The van der Waals surface area contributed by atoms with Crippen molar-refractivity contribution in [3.63, 3.8) is 0 Å². The number of methoxy groups -OCH3 is 1. The Morgan fingerprint density at radius 1 is 1.45 bits per heavy atom. The summed E-state index contributed by atoms with van der Waals surface area (Å²) in [6.45, 7) is 10.4. The molecule has 4 heteroatoms. The van der Waals surface area contributed by atoms with Crippen LogP contribution in [0.15, 0.2) is 0 Å². The summed E-state index contributed by atoms with van der Waals surface area (Å²) >= 11 is 0. The first kappa shape index (κ1) is 17.4. The van der Waals surface area contributed by atoms with E-state index >= 15 is 0 Å². The highest BCUT2D eigenvalue weighted by molar-refractivity contribution is 5.80. The Morgan fingerprint density at radius 3 is 2.55 bits per heavy atom. The molecule has 0 radical (unpaired) electrons. The van der Waals surface area contributed by atoms with Crippen molar-refractivity contribution in [1.82, 2.24) is 10.2 Å². The van der Waals surface area contributed by atoms with Crippen LogP contribution in [0.2, 0.25) is 0 Å². The first-order valence-corrected chi connectivity index (χ1v) is 8.07. The van der Waals surface area contributed by atoms with E-state index in [2.05, 4.69) is 24.1 Å². The molecule has 1 aliphatic rings. The largest absolute Gasteiger partial charge is 0.468 e. The molecule has 0 aromatic carbocycles. The van der Waals surface area contributed by atoms with E-state index in [4.69, 9.17) is 4.74 Å². The van der Waals surface area contributed by atoms with Gasteiger partial charge in [0.25, 0.3) is 0 Å². The highest BCUT2D eigenvalue weighted by atomic mass is 16.5. The number of hydrogen-bond acceptors (Lipinski definition) is 4. The summed E-state index contributed by atoms with van der Waals surface area (Å²) in [4.78, 5) is 14.7. The van der Waals surface area contributed by atoms with E-state index in [1.807, 2.05) is 13.8 Å². The van der Waals surface area contributed by atoms with Crippen LogP contribution in [0.3, 0.4) is 0 Å². The van der Waals surface area contributed by atoms with Gasteiger partial charge in [-0.1, -0.05) is 20.3 Å². The van der Waals surface area contributed by atoms with Gasteiger partial charge in [0.1, 0.15) is 5.54 Å². The quantitative estimate of drug-likeness (QED) is 0.626. The van der Waals surface area contributed by atoms with Crippen molar-refractivity contribution < 1.29 is 9.53 Å². The second kappa shape index (κ2) is 7.99. The number of ether oxygens (including phenoxy) is 1. The normalized spacial score (nSPS) is 19.7. The smallest absolute Gasteiger partial charge is 0.325 e. The Bertz CT molecular complexity index is 305. The van der Waals surface area contributed by atoms with E-state index in [0.29, 0.717) is 6.04 Å². The molecule has 0 bridgehead atoms. The molecule has 1 fully saturated rings. The zero-order valence-electron chi connectivity index (χ0n) is 13.9. The van der Waals surface area contributed by atoms with E-state index in [1.165, 1.54) is 32.8 Å². The van der Waals surface area contributed by atoms with Gasteiger partial charge in [0.15, 0.2) is 0 Å². The summed E-state index contributed by atoms with van der Waals surface area (Å²) in [7, 11) is 1.47. The summed E-state index contributed by atoms with van der Waals surface area (Å²) in [5.74, 6) is -0.155. The molecular weight excluding hydrogens is 252 g/mol. The first-order chi connectivity index (χ1) is 9.48. The standard InChI is InChI=1S/C16H32N2O2/c1-6-8-11-18(14-9-10-14)13(3)12-16(4,17-7-2)15(19)20-5/h13-14,17H,6-12H2,1-5H3. The average Bonchev–Trinajstić information content (AvgIpc) is 3.23. The molecule has 0 spiro atoms. The van der Waals surface area contributed by atoms with Crippen molar-refractivity contribution in [2.24, 2.45) is 0 Å². The second-order valence-corrected chi connectivity index (χ2v) is 6.23. The summed E-state index contributed by atoms with van der Waals surface area (Å²) in [6, 6.07) is 1.14. The van der Waals surface area contributed by atoms with Crippen molar-refractivity contribution in [2.45, 2.75) is 77.4 Å². The van der Waals surface area contributed by atoms with Gasteiger partial charge in [-0.25, -0.2) is 0 Å². The number of nitrogens with zero attached hydrogens (tertiary/aromatic N) is 1. The Kier molecular flexibility index (Phi) is 6.96. The van der Waals surface area contributed by atoms with Crippen molar-refractivity contribution in [3.05, 3.63) is 0 Å². The van der Waals surface area contributed by atoms with Crippen LogP contribution in [0, 0.1) is 0 Å². The molecule has 1 aliphatic carbocycles. The highest BCUT2D eigenvalue weighted by Gasteiger charge is 2.39. The van der Waals surface area contributed by atoms with Gasteiger partial charge in [-0.2, -0.15) is 0 Å². The molecule has 0 aliphatic heterocycles. The van der Waals surface area contributed by atoms with Gasteiger partial charge >= 0.3 is 5.97 Å². The zero-order chi connectivity index (χ0) is 15.2. The lowest BCUT2D eigenvalue weighted by molar-refractivity contribution is -0.148. The molecule has 2 unspecified atom stereocenters. The van der Waals surface area contributed by atoms with Crippen molar-refractivity contribution in [1.29, 1.82) is 0 Å². The predicted molar refractivity (Wildman–Crippen MR) is 82.8 cm³/mol. The lowest BCUT2D eigenvalue weighted by Gasteiger charge is -2.36. The number of likely N-dealkylation sites (N-methyl/N-ethyl adjacent to an activating group) is 1.